The van der Waals surface area contributed by atoms with Crippen LogP contribution in [0.2, 0.25) is 0 Å². The number of nitrogens with zero attached hydrogens (tertiary/aromatic N) is 4. The molecule has 0 aliphatic heterocycles. The van der Waals surface area contributed by atoms with E-state index in [2.05, 4.69) is 15.5 Å². The lowest BCUT2D eigenvalue weighted by Crippen LogP contribution is -2.25. The highest BCUT2D eigenvalue weighted by molar-refractivity contribution is 7.99. The third-order valence-corrected chi connectivity index (χ3v) is 4.32. The van der Waals surface area contributed by atoms with Crippen molar-refractivity contribution in [2.75, 3.05) is 5.75 Å². The molecule has 1 aromatic carbocycles. The number of aromatic nitrogens is 4. The summed E-state index contributed by atoms with van der Waals surface area (Å²) in [7, 11) is 0. The molecular weight excluding hydrogens is 341 g/mol. The standard InChI is InChI=1S/C15H17F3N4OS/c1-15(23,8-7-12(16)13(17)18)9-10-24-14-19-20-21-22(14)11-5-3-2-4-6-11/h2-6,23H,7-10H2,1H3. The summed E-state index contributed by atoms with van der Waals surface area (Å²) in [6, 6.07) is 9.32. The van der Waals surface area contributed by atoms with E-state index in [1.165, 1.54) is 18.7 Å². The first-order valence-electron chi connectivity index (χ1n) is 7.28. The molecule has 0 aliphatic carbocycles. The van der Waals surface area contributed by atoms with E-state index >= 15 is 0 Å². The number of halogens is 3. The smallest absolute Gasteiger partial charge is 0.301 e. The van der Waals surface area contributed by atoms with E-state index in [9.17, 15) is 18.3 Å². The molecule has 0 bridgehead atoms. The summed E-state index contributed by atoms with van der Waals surface area (Å²) >= 11 is 1.33. The zero-order chi connectivity index (χ0) is 17.6. The minimum atomic E-state index is -2.33. The molecule has 0 radical (unpaired) electrons. The summed E-state index contributed by atoms with van der Waals surface area (Å²) < 4.78 is 38.5. The Morgan fingerprint density at radius 2 is 1.92 bits per heavy atom. The van der Waals surface area contributed by atoms with Gasteiger partial charge in [-0.05, 0) is 42.3 Å². The summed E-state index contributed by atoms with van der Waals surface area (Å²) in [5, 5.41) is 22.2. The average Bonchev–Trinajstić information content (AvgIpc) is 3.01. The van der Waals surface area contributed by atoms with Gasteiger partial charge in [-0.3, -0.25) is 0 Å². The van der Waals surface area contributed by atoms with Crippen LogP contribution in [-0.2, 0) is 0 Å². The van der Waals surface area contributed by atoms with Gasteiger partial charge in [-0.25, -0.2) is 4.39 Å². The Morgan fingerprint density at radius 1 is 1.21 bits per heavy atom. The van der Waals surface area contributed by atoms with Crippen molar-refractivity contribution in [1.29, 1.82) is 0 Å². The molecule has 1 aromatic heterocycles. The highest BCUT2D eigenvalue weighted by atomic mass is 32.2. The maximum absolute atomic E-state index is 12.8. The van der Waals surface area contributed by atoms with Gasteiger partial charge in [-0.15, -0.1) is 5.10 Å². The van der Waals surface area contributed by atoms with Gasteiger partial charge in [0, 0.05) is 12.2 Å². The molecule has 0 amide bonds. The van der Waals surface area contributed by atoms with Crippen LogP contribution < -0.4 is 0 Å². The molecule has 0 fully saturated rings. The van der Waals surface area contributed by atoms with Crippen molar-refractivity contribution in [2.24, 2.45) is 0 Å². The zero-order valence-electron chi connectivity index (χ0n) is 13.0. The maximum atomic E-state index is 12.8. The predicted octanol–water partition coefficient (Wildman–Crippen LogP) is 3.75. The number of benzene rings is 1. The van der Waals surface area contributed by atoms with Crippen molar-refractivity contribution in [1.82, 2.24) is 20.2 Å². The lowest BCUT2D eigenvalue weighted by Gasteiger charge is -2.22. The Hall–Kier alpha value is -1.87. The molecule has 2 aromatic rings. The van der Waals surface area contributed by atoms with E-state index in [1.807, 2.05) is 30.3 Å². The molecule has 1 heterocycles. The topological polar surface area (TPSA) is 63.8 Å². The molecule has 1 unspecified atom stereocenters. The molecule has 0 saturated heterocycles. The fourth-order valence-corrected chi connectivity index (χ4v) is 3.04. The molecule has 2 rings (SSSR count). The predicted molar refractivity (Wildman–Crippen MR) is 84.7 cm³/mol. The van der Waals surface area contributed by atoms with Crippen LogP contribution in [0.3, 0.4) is 0 Å². The summed E-state index contributed by atoms with van der Waals surface area (Å²) in [5.41, 5.74) is -0.437. The van der Waals surface area contributed by atoms with Gasteiger partial charge in [0.25, 0.3) is 0 Å². The average molecular weight is 358 g/mol. The minimum Gasteiger partial charge on any atom is -0.390 e. The van der Waals surface area contributed by atoms with E-state index in [1.54, 1.807) is 4.68 Å². The molecule has 1 atom stereocenters. The quantitative estimate of drug-likeness (QED) is 0.728. The van der Waals surface area contributed by atoms with Crippen LogP contribution in [-0.4, -0.2) is 36.7 Å². The number of rotatable bonds is 8. The molecule has 0 spiro atoms. The van der Waals surface area contributed by atoms with Gasteiger partial charge in [-0.1, -0.05) is 30.0 Å². The maximum Gasteiger partial charge on any atom is 0.301 e. The highest BCUT2D eigenvalue weighted by Gasteiger charge is 2.22. The summed E-state index contributed by atoms with van der Waals surface area (Å²) in [5.74, 6) is -1.01. The second-order valence-electron chi connectivity index (χ2n) is 5.47. The van der Waals surface area contributed by atoms with E-state index in [4.69, 9.17) is 0 Å². The zero-order valence-corrected chi connectivity index (χ0v) is 13.8. The number of hydrogen-bond acceptors (Lipinski definition) is 5. The second kappa shape index (κ2) is 8.29. The fourth-order valence-electron chi connectivity index (χ4n) is 1.96. The van der Waals surface area contributed by atoms with Gasteiger partial charge in [0.15, 0.2) is 5.83 Å². The molecule has 24 heavy (non-hydrogen) atoms. The van der Waals surface area contributed by atoms with Crippen LogP contribution in [0.15, 0.2) is 47.4 Å². The number of aliphatic hydroxyl groups is 1. The molecule has 5 nitrogen and oxygen atoms in total. The van der Waals surface area contributed by atoms with Crippen LogP contribution >= 0.6 is 11.8 Å². The largest absolute Gasteiger partial charge is 0.390 e. The second-order valence-corrected chi connectivity index (χ2v) is 6.53. The molecule has 130 valence electrons. The third kappa shape index (κ3) is 5.34. The Kier molecular flexibility index (Phi) is 6.38. The van der Waals surface area contributed by atoms with Crippen molar-refractivity contribution < 1.29 is 18.3 Å². The van der Waals surface area contributed by atoms with Crippen molar-refractivity contribution in [3.63, 3.8) is 0 Å². The first kappa shape index (κ1) is 18.5. The number of allylic oxidation sites excluding steroid dienone is 1. The van der Waals surface area contributed by atoms with Crippen molar-refractivity contribution in [3.8, 4) is 5.69 Å². The van der Waals surface area contributed by atoms with E-state index in [0.29, 0.717) is 17.3 Å². The van der Waals surface area contributed by atoms with E-state index in [0.717, 1.165) is 5.69 Å². The minimum absolute atomic E-state index is 0.0830. The first-order chi connectivity index (χ1) is 11.4. The molecule has 9 heteroatoms. The van der Waals surface area contributed by atoms with E-state index in [-0.39, 0.29) is 6.42 Å². The van der Waals surface area contributed by atoms with Gasteiger partial charge < -0.3 is 5.11 Å². The van der Waals surface area contributed by atoms with Gasteiger partial charge >= 0.3 is 6.08 Å². The fraction of sp³-hybridized carbons (Fsp3) is 0.400. The molecule has 0 aliphatic rings. The van der Waals surface area contributed by atoms with Crippen LogP contribution in [0.4, 0.5) is 13.2 Å². The number of hydrogen-bond donors (Lipinski definition) is 1. The monoisotopic (exact) mass is 358 g/mol. The summed E-state index contributed by atoms with van der Waals surface area (Å²) in [6.45, 7) is 1.50. The highest BCUT2D eigenvalue weighted by Crippen LogP contribution is 2.26. The third-order valence-electron chi connectivity index (χ3n) is 3.40. The molecule has 1 N–H and O–H groups in total. The SMILES string of the molecule is CC(O)(CCSc1nnnn1-c1ccccc1)CCC(F)=C(F)F. The van der Waals surface area contributed by atoms with Crippen molar-refractivity contribution in [2.45, 2.75) is 36.9 Å². The molecule has 0 saturated carbocycles. The van der Waals surface area contributed by atoms with Crippen LogP contribution in [0.5, 0.6) is 0 Å². The van der Waals surface area contributed by atoms with Gasteiger partial charge in [0.05, 0.1) is 11.3 Å². The van der Waals surface area contributed by atoms with E-state index < -0.39 is 23.9 Å². The number of tetrazole rings is 1. The van der Waals surface area contributed by atoms with Crippen LogP contribution in [0.25, 0.3) is 5.69 Å². The number of thioether (sulfide) groups is 1. The van der Waals surface area contributed by atoms with Crippen LogP contribution in [0, 0.1) is 0 Å². The van der Waals surface area contributed by atoms with Crippen LogP contribution in [0.1, 0.15) is 26.2 Å². The summed E-state index contributed by atoms with van der Waals surface area (Å²) in [4.78, 5) is 0. The van der Waals surface area contributed by atoms with Crippen molar-refractivity contribution in [3.05, 3.63) is 42.2 Å². The van der Waals surface area contributed by atoms with Crippen molar-refractivity contribution >= 4 is 11.8 Å². The lowest BCUT2D eigenvalue weighted by molar-refractivity contribution is 0.0466. The Bertz CT molecular complexity index is 687. The van der Waals surface area contributed by atoms with Gasteiger partial charge in [0.1, 0.15) is 0 Å². The Labute approximate surface area is 141 Å². The lowest BCUT2D eigenvalue weighted by atomic mass is 9.97. The Balaban J connectivity index is 1.88. The number of para-hydroxylation sites is 1. The summed E-state index contributed by atoms with van der Waals surface area (Å²) in [6.07, 6.45) is -2.61. The molecular formula is C15H17F3N4OS. The van der Waals surface area contributed by atoms with Gasteiger partial charge in [-0.2, -0.15) is 13.5 Å². The first-order valence-corrected chi connectivity index (χ1v) is 8.26. The Morgan fingerprint density at radius 3 is 2.58 bits per heavy atom. The normalized spacial score (nSPS) is 13.5. The van der Waals surface area contributed by atoms with Gasteiger partial charge in [0.2, 0.25) is 5.16 Å².